The average Bonchev–Trinajstić information content (AvgIpc) is 2.91. The zero-order valence-corrected chi connectivity index (χ0v) is 17.7. The summed E-state index contributed by atoms with van der Waals surface area (Å²) in [6, 6.07) is 9.01. The monoisotopic (exact) mass is 413 g/mol. The zero-order valence-electron chi connectivity index (χ0n) is 16.9. The number of fused-ring (bicyclic) bond motifs is 1. The van der Waals surface area contributed by atoms with E-state index in [-0.39, 0.29) is 0 Å². The Bertz CT molecular complexity index is 1100. The number of rotatable bonds is 5. The highest BCUT2D eigenvalue weighted by atomic mass is 32.2. The van der Waals surface area contributed by atoms with Gasteiger partial charge in [-0.3, -0.25) is 4.40 Å². The van der Waals surface area contributed by atoms with Crippen LogP contribution >= 0.6 is 0 Å². The van der Waals surface area contributed by atoms with E-state index in [0.29, 0.717) is 30.3 Å². The molecule has 0 amide bonds. The van der Waals surface area contributed by atoms with Gasteiger partial charge in [-0.25, -0.2) is 18.4 Å². The van der Waals surface area contributed by atoms with Gasteiger partial charge in [-0.05, 0) is 57.0 Å². The van der Waals surface area contributed by atoms with Crippen molar-refractivity contribution in [3.8, 4) is 0 Å². The summed E-state index contributed by atoms with van der Waals surface area (Å²) in [5.74, 6) is 0.693. The van der Waals surface area contributed by atoms with Crippen molar-refractivity contribution < 1.29 is 8.42 Å². The Morgan fingerprint density at radius 1 is 1.00 bits per heavy atom. The van der Waals surface area contributed by atoms with Gasteiger partial charge in [0.1, 0.15) is 0 Å². The smallest absolute Gasteiger partial charge is 0.243 e. The first kappa shape index (κ1) is 19.8. The normalized spacial score (nSPS) is 16.1. The second-order valence-corrected chi connectivity index (χ2v) is 9.58. The van der Waals surface area contributed by atoms with Crippen LogP contribution in [0.25, 0.3) is 5.78 Å². The van der Waals surface area contributed by atoms with Gasteiger partial charge in [0.05, 0.1) is 17.1 Å². The number of nitrogens with one attached hydrogen (secondary N) is 1. The van der Waals surface area contributed by atoms with Crippen molar-refractivity contribution in [1.29, 1.82) is 0 Å². The quantitative estimate of drug-likeness (QED) is 0.692. The number of nitrogens with zero attached hydrogens (tertiary/aromatic N) is 4. The first-order chi connectivity index (χ1) is 13.9. The molecular weight excluding hydrogens is 386 g/mol. The van der Waals surface area contributed by atoms with Crippen molar-refractivity contribution in [2.75, 3.05) is 18.4 Å². The van der Waals surface area contributed by atoms with Crippen molar-refractivity contribution in [1.82, 2.24) is 18.7 Å². The van der Waals surface area contributed by atoms with Crippen LogP contribution in [0.5, 0.6) is 0 Å². The predicted octanol–water partition coefficient (Wildman–Crippen LogP) is 3.52. The highest BCUT2D eigenvalue weighted by Gasteiger charge is 2.24. The first-order valence-corrected chi connectivity index (χ1v) is 11.5. The van der Waals surface area contributed by atoms with Crippen LogP contribution in [-0.2, 0) is 16.6 Å². The number of anilines is 1. The fourth-order valence-electron chi connectivity index (χ4n) is 3.77. The van der Waals surface area contributed by atoms with Crippen LogP contribution in [0.4, 0.5) is 5.69 Å². The van der Waals surface area contributed by atoms with Crippen LogP contribution in [0.1, 0.15) is 42.8 Å². The van der Waals surface area contributed by atoms with Crippen molar-refractivity contribution >= 4 is 21.5 Å². The Labute approximate surface area is 171 Å². The summed E-state index contributed by atoms with van der Waals surface area (Å²) < 4.78 is 29.3. The number of benzene rings is 1. The van der Waals surface area contributed by atoms with Crippen LogP contribution in [0.2, 0.25) is 0 Å². The van der Waals surface area contributed by atoms with E-state index < -0.39 is 10.0 Å². The molecule has 1 aliphatic heterocycles. The van der Waals surface area contributed by atoms with E-state index in [0.717, 1.165) is 48.5 Å². The van der Waals surface area contributed by atoms with E-state index in [9.17, 15) is 8.42 Å². The molecular formula is C21H27N5O2S. The molecule has 1 aliphatic rings. The highest BCUT2D eigenvalue weighted by molar-refractivity contribution is 7.89. The molecule has 0 atom stereocenters. The molecule has 1 fully saturated rings. The van der Waals surface area contributed by atoms with E-state index in [1.165, 1.54) is 0 Å². The molecule has 2 aromatic heterocycles. The largest absolute Gasteiger partial charge is 0.379 e. The Balaban J connectivity index is 1.45. The molecule has 3 heterocycles. The van der Waals surface area contributed by atoms with E-state index >= 15 is 0 Å². The molecule has 0 saturated carbocycles. The number of hydrogen-bond donors (Lipinski definition) is 1. The molecule has 7 nitrogen and oxygen atoms in total. The number of sulfonamides is 1. The van der Waals surface area contributed by atoms with Crippen LogP contribution in [0, 0.1) is 13.8 Å². The van der Waals surface area contributed by atoms with Gasteiger partial charge in [-0.1, -0.05) is 12.8 Å². The molecule has 8 heteroatoms. The molecule has 29 heavy (non-hydrogen) atoms. The van der Waals surface area contributed by atoms with Gasteiger partial charge in [-0.2, -0.15) is 4.31 Å². The molecule has 3 aromatic rings. The Morgan fingerprint density at radius 3 is 2.38 bits per heavy atom. The molecule has 1 saturated heterocycles. The minimum Gasteiger partial charge on any atom is -0.379 e. The van der Waals surface area contributed by atoms with E-state index in [1.54, 1.807) is 16.4 Å². The van der Waals surface area contributed by atoms with Gasteiger partial charge in [0.25, 0.3) is 0 Å². The van der Waals surface area contributed by atoms with Gasteiger partial charge in [0.15, 0.2) is 0 Å². The molecule has 0 unspecified atom stereocenters. The Kier molecular flexibility index (Phi) is 5.56. The van der Waals surface area contributed by atoms with E-state index in [4.69, 9.17) is 0 Å². The third-order valence-electron chi connectivity index (χ3n) is 5.34. The number of aryl methyl sites for hydroxylation is 2. The van der Waals surface area contributed by atoms with Gasteiger partial charge >= 0.3 is 0 Å². The average molecular weight is 414 g/mol. The lowest BCUT2D eigenvalue weighted by Crippen LogP contribution is -2.31. The third-order valence-corrected chi connectivity index (χ3v) is 7.25. The van der Waals surface area contributed by atoms with Crippen LogP contribution in [-0.4, -0.2) is 40.2 Å². The second-order valence-electron chi connectivity index (χ2n) is 7.64. The minimum absolute atomic E-state index is 0.355. The van der Waals surface area contributed by atoms with Gasteiger partial charge < -0.3 is 5.32 Å². The van der Waals surface area contributed by atoms with Crippen molar-refractivity contribution in [2.24, 2.45) is 0 Å². The molecule has 1 N–H and O–H groups in total. The fraction of sp³-hybridized carbons (Fsp3) is 0.429. The van der Waals surface area contributed by atoms with Gasteiger partial charge in [0, 0.05) is 36.4 Å². The maximum Gasteiger partial charge on any atom is 0.243 e. The number of aromatic nitrogens is 3. The predicted molar refractivity (Wildman–Crippen MR) is 113 cm³/mol. The molecule has 154 valence electrons. The van der Waals surface area contributed by atoms with Crippen molar-refractivity contribution in [2.45, 2.75) is 51.0 Å². The van der Waals surface area contributed by atoms with Crippen molar-refractivity contribution in [3.63, 3.8) is 0 Å². The Morgan fingerprint density at radius 2 is 1.69 bits per heavy atom. The maximum atomic E-state index is 12.9. The lowest BCUT2D eigenvalue weighted by Gasteiger charge is -2.20. The van der Waals surface area contributed by atoms with Crippen LogP contribution < -0.4 is 5.32 Å². The third kappa shape index (κ3) is 4.28. The summed E-state index contributed by atoms with van der Waals surface area (Å²) in [6.45, 7) is 5.76. The molecule has 4 rings (SSSR count). The maximum absolute atomic E-state index is 12.9. The second kappa shape index (κ2) is 8.12. The summed E-state index contributed by atoms with van der Waals surface area (Å²) >= 11 is 0. The first-order valence-electron chi connectivity index (χ1n) is 10.1. The molecule has 1 aromatic carbocycles. The molecule has 0 spiro atoms. The SMILES string of the molecule is Cc1cc(C)n2cc(CNc3ccc(S(=O)(=O)N4CCCCCC4)cc3)nc2n1. The zero-order chi connectivity index (χ0) is 20.4. The van der Waals surface area contributed by atoms with Gasteiger partial charge in [-0.15, -0.1) is 0 Å². The fourth-order valence-corrected chi connectivity index (χ4v) is 5.29. The lowest BCUT2D eigenvalue weighted by molar-refractivity contribution is 0.424. The molecule has 0 radical (unpaired) electrons. The minimum atomic E-state index is -3.41. The summed E-state index contributed by atoms with van der Waals surface area (Å²) in [5.41, 5.74) is 3.78. The van der Waals surface area contributed by atoms with Crippen LogP contribution in [0.3, 0.4) is 0 Å². The number of imidazole rings is 1. The standard InChI is InChI=1S/C21H27N5O2S/c1-16-13-17(2)26-15-19(24-21(26)23-16)14-22-18-7-9-20(10-8-18)29(27,28)25-11-5-3-4-6-12-25/h7-10,13,15,22H,3-6,11-12,14H2,1-2H3. The summed E-state index contributed by atoms with van der Waals surface area (Å²) in [6.07, 6.45) is 6.05. The van der Waals surface area contributed by atoms with E-state index in [1.807, 2.05) is 42.6 Å². The Hall–Kier alpha value is -2.45. The molecule has 0 bridgehead atoms. The molecule has 0 aliphatic carbocycles. The van der Waals surface area contributed by atoms with Crippen molar-refractivity contribution in [3.05, 3.63) is 53.6 Å². The summed E-state index contributed by atoms with van der Waals surface area (Å²) in [7, 11) is -3.41. The van der Waals surface area contributed by atoms with Crippen LogP contribution in [0.15, 0.2) is 41.4 Å². The number of hydrogen-bond acceptors (Lipinski definition) is 5. The topological polar surface area (TPSA) is 79.6 Å². The van der Waals surface area contributed by atoms with Gasteiger partial charge in [0.2, 0.25) is 15.8 Å². The summed E-state index contributed by atoms with van der Waals surface area (Å²) in [5, 5.41) is 3.31. The highest BCUT2D eigenvalue weighted by Crippen LogP contribution is 2.22. The summed E-state index contributed by atoms with van der Waals surface area (Å²) in [4.78, 5) is 9.37. The van der Waals surface area contributed by atoms with E-state index in [2.05, 4.69) is 15.3 Å². The lowest BCUT2D eigenvalue weighted by atomic mass is 10.2.